The van der Waals surface area contributed by atoms with Crippen LogP contribution in [0, 0.1) is 5.82 Å². The minimum absolute atomic E-state index is 0.138. The molecule has 0 spiro atoms. The van der Waals surface area contributed by atoms with E-state index >= 15 is 0 Å². The first-order valence-corrected chi connectivity index (χ1v) is 6.59. The fraction of sp³-hybridized carbons (Fsp3) is 0.308. The lowest BCUT2D eigenvalue weighted by molar-refractivity contribution is 0.628. The molecule has 1 aromatic carbocycles. The van der Waals surface area contributed by atoms with E-state index in [1.54, 1.807) is 23.5 Å². The highest BCUT2D eigenvalue weighted by Gasteiger charge is 2.19. The fourth-order valence-corrected chi connectivity index (χ4v) is 2.70. The van der Waals surface area contributed by atoms with Gasteiger partial charge in [0.05, 0.1) is 10.6 Å². The van der Waals surface area contributed by atoms with E-state index in [9.17, 15) is 4.39 Å². The smallest absolute Gasteiger partial charge is 0.183 e. The number of aromatic nitrogens is 1. The van der Waals surface area contributed by atoms with Crippen LogP contribution in [0.4, 0.5) is 9.52 Å². The quantitative estimate of drug-likeness (QED) is 0.891. The highest BCUT2D eigenvalue weighted by molar-refractivity contribution is 7.16. The van der Waals surface area contributed by atoms with Gasteiger partial charge < -0.3 is 10.6 Å². The van der Waals surface area contributed by atoms with Crippen molar-refractivity contribution in [2.75, 3.05) is 19.4 Å². The summed E-state index contributed by atoms with van der Waals surface area (Å²) in [5.41, 5.74) is 1.26. The third kappa shape index (κ3) is 2.37. The third-order valence-electron chi connectivity index (χ3n) is 2.82. The molecule has 0 radical (unpaired) electrons. The summed E-state index contributed by atoms with van der Waals surface area (Å²) in [6, 6.07) is 6.87. The lowest BCUT2D eigenvalue weighted by Gasteiger charge is -2.10. The minimum Gasteiger partial charge on any atom is -0.365 e. The number of thiazole rings is 1. The second-order valence-corrected chi connectivity index (χ2v) is 5.00. The average molecular weight is 265 g/mol. The van der Waals surface area contributed by atoms with Gasteiger partial charge in [-0.1, -0.05) is 23.5 Å². The van der Waals surface area contributed by atoms with E-state index in [0.29, 0.717) is 11.3 Å². The fourth-order valence-electron chi connectivity index (χ4n) is 1.71. The Morgan fingerprint density at radius 2 is 2.00 bits per heavy atom. The molecule has 18 heavy (non-hydrogen) atoms. The van der Waals surface area contributed by atoms with Crippen molar-refractivity contribution in [1.82, 2.24) is 10.3 Å². The van der Waals surface area contributed by atoms with E-state index in [0.717, 1.165) is 10.0 Å². The predicted molar refractivity (Wildman–Crippen MR) is 74.5 cm³/mol. The topological polar surface area (TPSA) is 37.0 Å². The van der Waals surface area contributed by atoms with Gasteiger partial charge in [-0.2, -0.15) is 0 Å². The minimum atomic E-state index is -0.241. The summed E-state index contributed by atoms with van der Waals surface area (Å²) in [7, 11) is 3.70. The van der Waals surface area contributed by atoms with Gasteiger partial charge in [0, 0.05) is 18.7 Å². The summed E-state index contributed by atoms with van der Waals surface area (Å²) < 4.78 is 13.9. The Kier molecular flexibility index (Phi) is 3.93. The molecule has 2 N–H and O–H groups in total. The van der Waals surface area contributed by atoms with Gasteiger partial charge in [0.1, 0.15) is 5.82 Å². The number of nitrogens with zero attached hydrogens (tertiary/aromatic N) is 1. The monoisotopic (exact) mass is 265 g/mol. The average Bonchev–Trinajstić information content (AvgIpc) is 2.82. The van der Waals surface area contributed by atoms with Gasteiger partial charge in [0.2, 0.25) is 0 Å². The number of anilines is 1. The van der Waals surface area contributed by atoms with Crippen molar-refractivity contribution in [2.45, 2.75) is 13.0 Å². The molecule has 0 amide bonds. The number of benzene rings is 1. The third-order valence-corrected chi connectivity index (χ3v) is 4.08. The Labute approximate surface area is 110 Å². The van der Waals surface area contributed by atoms with Crippen molar-refractivity contribution in [2.24, 2.45) is 0 Å². The maximum Gasteiger partial charge on any atom is 0.183 e. The number of halogens is 1. The molecule has 0 fully saturated rings. The van der Waals surface area contributed by atoms with E-state index in [2.05, 4.69) is 15.6 Å². The summed E-state index contributed by atoms with van der Waals surface area (Å²) in [6.07, 6.45) is 0. The second kappa shape index (κ2) is 5.46. The van der Waals surface area contributed by atoms with Gasteiger partial charge in [-0.15, -0.1) is 0 Å². The normalized spacial score (nSPS) is 12.4. The Bertz CT molecular complexity index is 539. The van der Waals surface area contributed by atoms with Crippen LogP contribution in [-0.4, -0.2) is 19.1 Å². The summed E-state index contributed by atoms with van der Waals surface area (Å²) in [5, 5.41) is 6.98. The first-order chi connectivity index (χ1) is 8.67. The second-order valence-electron chi connectivity index (χ2n) is 3.97. The number of rotatable bonds is 4. The van der Waals surface area contributed by atoms with Gasteiger partial charge in [-0.3, -0.25) is 0 Å². The maximum atomic E-state index is 13.9. The SMILES string of the molecule is CNc1nc(-c2ccccc2F)c(C(C)NC)s1. The number of nitrogens with one attached hydrogen (secondary N) is 2. The summed E-state index contributed by atoms with van der Waals surface area (Å²) in [5.74, 6) is -0.241. The largest absolute Gasteiger partial charge is 0.365 e. The first-order valence-electron chi connectivity index (χ1n) is 5.78. The van der Waals surface area contributed by atoms with Crippen LogP contribution in [-0.2, 0) is 0 Å². The highest BCUT2D eigenvalue weighted by atomic mass is 32.1. The highest BCUT2D eigenvalue weighted by Crippen LogP contribution is 2.36. The van der Waals surface area contributed by atoms with E-state index in [-0.39, 0.29) is 11.9 Å². The zero-order valence-electron chi connectivity index (χ0n) is 10.6. The molecule has 5 heteroatoms. The van der Waals surface area contributed by atoms with Crippen molar-refractivity contribution < 1.29 is 4.39 Å². The molecule has 2 rings (SSSR count). The van der Waals surface area contributed by atoms with Crippen LogP contribution < -0.4 is 10.6 Å². The molecule has 2 aromatic rings. The zero-order chi connectivity index (χ0) is 13.1. The van der Waals surface area contributed by atoms with Crippen molar-refractivity contribution in [3.63, 3.8) is 0 Å². The molecule has 0 aliphatic rings. The van der Waals surface area contributed by atoms with Gasteiger partial charge in [-0.25, -0.2) is 9.37 Å². The lowest BCUT2D eigenvalue weighted by atomic mass is 10.1. The zero-order valence-corrected chi connectivity index (χ0v) is 11.4. The first kappa shape index (κ1) is 13.0. The summed E-state index contributed by atoms with van der Waals surface area (Å²) in [6.45, 7) is 2.04. The van der Waals surface area contributed by atoms with Gasteiger partial charge in [0.25, 0.3) is 0 Å². The predicted octanol–water partition coefficient (Wildman–Crippen LogP) is 3.27. The Balaban J connectivity index is 2.56. The van der Waals surface area contributed by atoms with E-state index in [1.807, 2.05) is 27.1 Å². The van der Waals surface area contributed by atoms with Gasteiger partial charge in [-0.05, 0) is 26.1 Å². The molecule has 1 atom stereocenters. The standard InChI is InChI=1S/C13H16FN3S/c1-8(15-2)12-11(17-13(16-3)18-12)9-6-4-5-7-10(9)14/h4-8,15H,1-3H3,(H,16,17). The molecule has 0 saturated carbocycles. The van der Waals surface area contributed by atoms with E-state index < -0.39 is 0 Å². The van der Waals surface area contributed by atoms with E-state index in [4.69, 9.17) is 0 Å². The van der Waals surface area contributed by atoms with Crippen molar-refractivity contribution in [3.05, 3.63) is 35.0 Å². The molecule has 0 aliphatic heterocycles. The Morgan fingerprint density at radius 3 is 2.61 bits per heavy atom. The molecule has 3 nitrogen and oxygen atoms in total. The molecular weight excluding hydrogens is 249 g/mol. The Hall–Kier alpha value is -1.46. The molecule has 0 saturated heterocycles. The number of hydrogen-bond donors (Lipinski definition) is 2. The maximum absolute atomic E-state index is 13.9. The van der Waals surface area contributed by atoms with E-state index in [1.165, 1.54) is 6.07 Å². The lowest BCUT2D eigenvalue weighted by Crippen LogP contribution is -2.11. The number of hydrogen-bond acceptors (Lipinski definition) is 4. The molecule has 1 aromatic heterocycles. The van der Waals surface area contributed by atoms with Crippen LogP contribution in [0.3, 0.4) is 0 Å². The van der Waals surface area contributed by atoms with Crippen LogP contribution in [0.5, 0.6) is 0 Å². The van der Waals surface area contributed by atoms with Crippen LogP contribution in [0.25, 0.3) is 11.3 Å². The van der Waals surface area contributed by atoms with Crippen LogP contribution in [0.2, 0.25) is 0 Å². The Morgan fingerprint density at radius 1 is 1.28 bits per heavy atom. The van der Waals surface area contributed by atoms with Crippen LogP contribution >= 0.6 is 11.3 Å². The van der Waals surface area contributed by atoms with Gasteiger partial charge in [0.15, 0.2) is 5.13 Å². The molecule has 0 aliphatic carbocycles. The van der Waals surface area contributed by atoms with Gasteiger partial charge >= 0.3 is 0 Å². The molecule has 0 bridgehead atoms. The van der Waals surface area contributed by atoms with Crippen molar-refractivity contribution in [1.29, 1.82) is 0 Å². The van der Waals surface area contributed by atoms with Crippen LogP contribution in [0.1, 0.15) is 17.8 Å². The van der Waals surface area contributed by atoms with Crippen LogP contribution in [0.15, 0.2) is 24.3 Å². The van der Waals surface area contributed by atoms with Crippen molar-refractivity contribution >= 4 is 16.5 Å². The molecule has 1 heterocycles. The summed E-state index contributed by atoms with van der Waals surface area (Å²) >= 11 is 1.54. The molecular formula is C13H16FN3S. The molecule has 1 unspecified atom stereocenters. The molecule has 96 valence electrons. The summed E-state index contributed by atoms with van der Waals surface area (Å²) in [4.78, 5) is 5.49. The van der Waals surface area contributed by atoms with Crippen molar-refractivity contribution in [3.8, 4) is 11.3 Å².